The lowest BCUT2D eigenvalue weighted by atomic mass is 9.88. The van der Waals surface area contributed by atoms with Crippen LogP contribution >= 0.6 is 0 Å². The first-order valence-corrected chi connectivity index (χ1v) is 12.0. The number of nitrogens with zero attached hydrogens (tertiary/aromatic N) is 1. The van der Waals surface area contributed by atoms with Crippen molar-refractivity contribution in [2.75, 3.05) is 18.4 Å². The number of carbonyl (C=O) groups is 1. The van der Waals surface area contributed by atoms with Crippen LogP contribution in [0.4, 0.5) is 5.69 Å². The Labute approximate surface area is 177 Å². The highest BCUT2D eigenvalue weighted by atomic mass is 32.2. The molecule has 3 heterocycles. The van der Waals surface area contributed by atoms with Crippen LogP contribution in [-0.2, 0) is 14.8 Å². The van der Waals surface area contributed by atoms with Crippen LogP contribution in [0.5, 0.6) is 0 Å². The molecule has 2 N–H and O–H groups in total. The second kappa shape index (κ2) is 8.43. The molecular weight excluding hydrogens is 402 g/mol. The van der Waals surface area contributed by atoms with Gasteiger partial charge in [0.1, 0.15) is 10.7 Å². The van der Waals surface area contributed by atoms with Crippen LogP contribution < -0.4 is 10.0 Å². The van der Waals surface area contributed by atoms with Crippen molar-refractivity contribution in [3.63, 3.8) is 0 Å². The number of likely N-dealkylation sites (tertiary alicyclic amines) is 1. The summed E-state index contributed by atoms with van der Waals surface area (Å²) in [6.45, 7) is 5.47. The van der Waals surface area contributed by atoms with Gasteiger partial charge in [-0.15, -0.1) is 0 Å². The van der Waals surface area contributed by atoms with E-state index in [9.17, 15) is 13.2 Å². The van der Waals surface area contributed by atoms with E-state index in [4.69, 9.17) is 4.42 Å². The molecule has 0 spiro atoms. The van der Waals surface area contributed by atoms with E-state index in [1.54, 1.807) is 24.5 Å². The lowest BCUT2D eigenvalue weighted by Gasteiger charge is -2.39. The Kier molecular flexibility index (Phi) is 5.88. The molecule has 1 aromatic carbocycles. The Morgan fingerprint density at radius 1 is 1.17 bits per heavy atom. The van der Waals surface area contributed by atoms with E-state index in [1.165, 1.54) is 0 Å². The van der Waals surface area contributed by atoms with Crippen molar-refractivity contribution in [2.24, 2.45) is 11.8 Å². The first kappa shape index (κ1) is 20.9. The molecule has 30 heavy (non-hydrogen) atoms. The van der Waals surface area contributed by atoms with Gasteiger partial charge in [0, 0.05) is 25.4 Å². The average Bonchev–Trinajstić information content (AvgIpc) is 3.25. The number of carbonyl (C=O) groups excluding carboxylic acids is 1. The standard InChI is InChI=1S/C22H29N3O4S/c1-15(2)17(19-7-5-13-29-19)14-21(26)25-11-9-16(10-12-25)22-23-18-6-3-4-8-20(18)30(27,28)24-22/h3-8,13,15-17,22-24H,9-12,14H2,1-2H3. The number of piperidine rings is 1. The molecule has 2 unspecified atom stereocenters. The number of para-hydroxylation sites is 1. The van der Waals surface area contributed by atoms with Crippen molar-refractivity contribution in [3.8, 4) is 0 Å². The fourth-order valence-corrected chi connectivity index (χ4v) is 5.82. The van der Waals surface area contributed by atoms with Gasteiger partial charge in [0.15, 0.2) is 0 Å². The van der Waals surface area contributed by atoms with Gasteiger partial charge in [0.05, 0.1) is 18.1 Å². The summed E-state index contributed by atoms with van der Waals surface area (Å²) in [5.74, 6) is 1.48. The molecule has 2 atom stereocenters. The van der Waals surface area contributed by atoms with Crippen LogP contribution in [0.1, 0.15) is 44.8 Å². The van der Waals surface area contributed by atoms with Gasteiger partial charge in [-0.05, 0) is 48.9 Å². The fourth-order valence-electron chi connectivity index (χ4n) is 4.43. The van der Waals surface area contributed by atoms with Gasteiger partial charge in [0.25, 0.3) is 0 Å². The highest BCUT2D eigenvalue weighted by molar-refractivity contribution is 7.89. The van der Waals surface area contributed by atoms with Gasteiger partial charge in [0.2, 0.25) is 15.9 Å². The molecule has 1 aromatic heterocycles. The summed E-state index contributed by atoms with van der Waals surface area (Å²) in [6, 6.07) is 10.7. The zero-order valence-electron chi connectivity index (χ0n) is 17.4. The summed E-state index contributed by atoms with van der Waals surface area (Å²) in [6.07, 6.45) is 3.23. The smallest absolute Gasteiger partial charge is 0.244 e. The number of amides is 1. The number of benzene rings is 1. The Morgan fingerprint density at radius 3 is 2.57 bits per heavy atom. The topological polar surface area (TPSA) is 91.7 Å². The third-order valence-electron chi connectivity index (χ3n) is 6.24. The third-order valence-corrected chi connectivity index (χ3v) is 7.74. The Hall–Kier alpha value is -2.32. The van der Waals surface area contributed by atoms with E-state index in [-0.39, 0.29) is 28.8 Å². The van der Waals surface area contributed by atoms with Crippen molar-refractivity contribution < 1.29 is 17.6 Å². The Balaban J connectivity index is 1.37. The number of fused-ring (bicyclic) bond motifs is 1. The quantitative estimate of drug-likeness (QED) is 0.757. The predicted octanol–water partition coefficient (Wildman–Crippen LogP) is 3.38. The van der Waals surface area contributed by atoms with Crippen LogP contribution in [0, 0.1) is 11.8 Å². The van der Waals surface area contributed by atoms with E-state index in [1.807, 2.05) is 23.1 Å². The molecule has 0 saturated carbocycles. The van der Waals surface area contributed by atoms with Gasteiger partial charge in [-0.25, -0.2) is 8.42 Å². The normalized spacial score (nSPS) is 22.4. The second-order valence-electron chi connectivity index (χ2n) is 8.53. The van der Waals surface area contributed by atoms with Crippen molar-refractivity contribution in [3.05, 3.63) is 48.4 Å². The first-order chi connectivity index (χ1) is 14.3. The van der Waals surface area contributed by atoms with Gasteiger partial charge in [-0.1, -0.05) is 26.0 Å². The number of rotatable bonds is 5. The molecule has 2 aromatic rings. The van der Waals surface area contributed by atoms with E-state index in [0.29, 0.717) is 31.1 Å². The van der Waals surface area contributed by atoms with Crippen molar-refractivity contribution in [2.45, 2.75) is 50.1 Å². The minimum Gasteiger partial charge on any atom is -0.469 e. The number of sulfonamides is 1. The lowest BCUT2D eigenvalue weighted by Crippen LogP contribution is -2.52. The first-order valence-electron chi connectivity index (χ1n) is 10.5. The molecule has 1 amide bonds. The molecule has 2 aliphatic rings. The number of hydrogen-bond donors (Lipinski definition) is 2. The van der Waals surface area contributed by atoms with Crippen molar-refractivity contribution in [1.82, 2.24) is 9.62 Å². The number of nitrogens with one attached hydrogen (secondary N) is 2. The summed E-state index contributed by atoms with van der Waals surface area (Å²) >= 11 is 0. The molecular formula is C22H29N3O4S. The number of anilines is 1. The molecule has 162 valence electrons. The van der Waals surface area contributed by atoms with Crippen LogP contribution in [0.3, 0.4) is 0 Å². The fraction of sp³-hybridized carbons (Fsp3) is 0.500. The van der Waals surface area contributed by atoms with Crippen molar-refractivity contribution >= 4 is 21.6 Å². The van der Waals surface area contributed by atoms with Crippen LogP contribution in [0.25, 0.3) is 0 Å². The maximum atomic E-state index is 12.9. The summed E-state index contributed by atoms with van der Waals surface area (Å²) in [5.41, 5.74) is 0.637. The monoisotopic (exact) mass is 431 g/mol. The number of furan rings is 1. The van der Waals surface area contributed by atoms with E-state index >= 15 is 0 Å². The summed E-state index contributed by atoms with van der Waals surface area (Å²) in [4.78, 5) is 15.1. The molecule has 1 fully saturated rings. The zero-order chi connectivity index (χ0) is 21.3. The summed E-state index contributed by atoms with van der Waals surface area (Å²) in [7, 11) is -3.52. The van der Waals surface area contributed by atoms with Crippen LogP contribution in [0.2, 0.25) is 0 Å². The Morgan fingerprint density at radius 2 is 1.90 bits per heavy atom. The van der Waals surface area contributed by atoms with Gasteiger partial charge in [-0.2, -0.15) is 4.72 Å². The SMILES string of the molecule is CC(C)C(CC(=O)N1CCC(C2Nc3ccccc3S(=O)(=O)N2)CC1)c1ccco1. The second-order valence-corrected chi connectivity index (χ2v) is 10.2. The minimum absolute atomic E-state index is 0.0635. The van der Waals surface area contributed by atoms with Gasteiger partial charge in [-0.3, -0.25) is 4.79 Å². The highest BCUT2D eigenvalue weighted by Gasteiger charge is 2.36. The third kappa shape index (κ3) is 4.25. The predicted molar refractivity (Wildman–Crippen MR) is 114 cm³/mol. The molecule has 2 aliphatic heterocycles. The van der Waals surface area contributed by atoms with E-state index in [0.717, 1.165) is 18.6 Å². The van der Waals surface area contributed by atoms with Crippen molar-refractivity contribution in [1.29, 1.82) is 0 Å². The average molecular weight is 432 g/mol. The van der Waals surface area contributed by atoms with Gasteiger partial charge < -0.3 is 14.6 Å². The van der Waals surface area contributed by atoms with Gasteiger partial charge >= 0.3 is 0 Å². The zero-order valence-corrected chi connectivity index (χ0v) is 18.2. The lowest BCUT2D eigenvalue weighted by molar-refractivity contribution is -0.133. The summed E-state index contributed by atoms with van der Waals surface area (Å²) in [5, 5.41) is 3.33. The minimum atomic E-state index is -3.52. The van der Waals surface area contributed by atoms with E-state index < -0.39 is 10.0 Å². The van der Waals surface area contributed by atoms with Crippen LogP contribution in [-0.4, -0.2) is 38.5 Å². The molecule has 0 radical (unpaired) electrons. The molecule has 4 rings (SSSR count). The maximum Gasteiger partial charge on any atom is 0.244 e. The molecule has 1 saturated heterocycles. The number of hydrogen-bond acceptors (Lipinski definition) is 5. The largest absolute Gasteiger partial charge is 0.469 e. The molecule has 0 aliphatic carbocycles. The molecule has 7 nitrogen and oxygen atoms in total. The maximum absolute atomic E-state index is 12.9. The molecule has 8 heteroatoms. The molecule has 0 bridgehead atoms. The van der Waals surface area contributed by atoms with E-state index in [2.05, 4.69) is 23.9 Å². The van der Waals surface area contributed by atoms with Crippen LogP contribution in [0.15, 0.2) is 52.0 Å². The summed E-state index contributed by atoms with van der Waals surface area (Å²) < 4.78 is 33.5. The Bertz CT molecular complexity index is 980. The highest BCUT2D eigenvalue weighted by Crippen LogP contribution is 2.32.